The predicted octanol–water partition coefficient (Wildman–Crippen LogP) is 3.70. The minimum Gasteiger partial charge on any atom is -0.440 e. The van der Waals surface area contributed by atoms with Crippen LogP contribution in [0.5, 0.6) is 0 Å². The fraction of sp³-hybridized carbons (Fsp3) is 0.200. The van der Waals surface area contributed by atoms with Crippen molar-refractivity contribution in [2.24, 2.45) is 0 Å². The number of benzene rings is 1. The second-order valence-corrected chi connectivity index (χ2v) is 5.24. The molecule has 0 aliphatic heterocycles. The molecule has 1 amide bonds. The Morgan fingerprint density at radius 1 is 1.26 bits per heavy atom. The molecule has 8 heteroatoms. The van der Waals surface area contributed by atoms with Gasteiger partial charge in [-0.3, -0.25) is 14.9 Å². The number of hydrogen-bond acceptors (Lipinski definition) is 6. The number of fused-ring (bicyclic) bond motifs is 1. The molecule has 0 saturated heterocycles. The molecule has 0 fully saturated rings. The first-order valence-corrected chi connectivity index (χ1v) is 6.90. The third-order valence-corrected chi connectivity index (χ3v) is 3.15. The van der Waals surface area contributed by atoms with Gasteiger partial charge in [0.25, 0.3) is 5.91 Å². The summed E-state index contributed by atoms with van der Waals surface area (Å²) >= 11 is 0. The molecular formula is C15H13N3O5. The lowest BCUT2D eigenvalue weighted by Crippen LogP contribution is -2.10. The highest BCUT2D eigenvalue weighted by atomic mass is 16.6. The van der Waals surface area contributed by atoms with E-state index < -0.39 is 16.7 Å². The zero-order valence-electron chi connectivity index (χ0n) is 12.4. The Bertz CT molecular complexity index is 894. The molecule has 1 aromatic carbocycles. The van der Waals surface area contributed by atoms with Gasteiger partial charge in [0.05, 0.1) is 6.07 Å². The normalized spacial score (nSPS) is 11.1. The van der Waals surface area contributed by atoms with Crippen LogP contribution in [-0.2, 0) is 0 Å². The van der Waals surface area contributed by atoms with Crippen LogP contribution in [0.1, 0.15) is 36.2 Å². The van der Waals surface area contributed by atoms with E-state index in [-0.39, 0.29) is 11.7 Å². The molecule has 0 unspecified atom stereocenters. The third-order valence-electron chi connectivity index (χ3n) is 3.15. The lowest BCUT2D eigenvalue weighted by atomic mass is 10.2. The van der Waals surface area contributed by atoms with Crippen molar-refractivity contribution in [3.8, 4) is 0 Å². The van der Waals surface area contributed by atoms with Crippen molar-refractivity contribution in [3.63, 3.8) is 0 Å². The largest absolute Gasteiger partial charge is 0.440 e. The Morgan fingerprint density at radius 3 is 2.70 bits per heavy atom. The number of furan rings is 1. The average Bonchev–Trinajstić information content (AvgIpc) is 3.13. The van der Waals surface area contributed by atoms with E-state index in [1.54, 1.807) is 18.2 Å². The molecule has 3 aromatic rings. The molecule has 0 aliphatic rings. The number of nitro groups is 1. The van der Waals surface area contributed by atoms with Crippen LogP contribution in [0.15, 0.2) is 39.2 Å². The van der Waals surface area contributed by atoms with Gasteiger partial charge in [0.1, 0.15) is 10.4 Å². The maximum atomic E-state index is 12.0. The van der Waals surface area contributed by atoms with Crippen molar-refractivity contribution in [1.82, 2.24) is 4.98 Å². The van der Waals surface area contributed by atoms with Gasteiger partial charge in [0, 0.05) is 11.6 Å². The molecular weight excluding hydrogens is 302 g/mol. The summed E-state index contributed by atoms with van der Waals surface area (Å²) in [5.74, 6) is -0.428. The summed E-state index contributed by atoms with van der Waals surface area (Å²) in [5.41, 5.74) is 1.74. The number of carbonyl (C=O) groups excluding carboxylic acids is 1. The zero-order chi connectivity index (χ0) is 16.6. The van der Waals surface area contributed by atoms with Crippen LogP contribution in [0.2, 0.25) is 0 Å². The fourth-order valence-electron chi connectivity index (χ4n) is 2.01. The second-order valence-electron chi connectivity index (χ2n) is 5.24. The molecule has 0 spiro atoms. The first-order valence-electron chi connectivity index (χ1n) is 6.90. The number of nitrogens with zero attached hydrogens (tertiary/aromatic N) is 2. The highest BCUT2D eigenvalue weighted by Crippen LogP contribution is 2.24. The number of hydrogen-bond donors (Lipinski definition) is 1. The quantitative estimate of drug-likeness (QED) is 0.580. The summed E-state index contributed by atoms with van der Waals surface area (Å²) in [4.78, 5) is 26.2. The molecule has 0 atom stereocenters. The number of amides is 1. The molecule has 0 radical (unpaired) electrons. The molecule has 118 valence electrons. The van der Waals surface area contributed by atoms with Crippen molar-refractivity contribution in [2.75, 3.05) is 5.32 Å². The van der Waals surface area contributed by atoms with Crippen LogP contribution >= 0.6 is 0 Å². The molecule has 0 aliphatic carbocycles. The third kappa shape index (κ3) is 2.91. The van der Waals surface area contributed by atoms with Gasteiger partial charge in [-0.1, -0.05) is 13.8 Å². The summed E-state index contributed by atoms with van der Waals surface area (Å²) in [6.07, 6.45) is 0. The van der Waals surface area contributed by atoms with E-state index in [4.69, 9.17) is 8.83 Å². The lowest BCUT2D eigenvalue weighted by Gasteiger charge is -2.01. The van der Waals surface area contributed by atoms with Crippen LogP contribution in [0.25, 0.3) is 11.1 Å². The number of carbonyl (C=O) groups is 1. The Morgan fingerprint density at radius 2 is 2.04 bits per heavy atom. The van der Waals surface area contributed by atoms with Gasteiger partial charge < -0.3 is 14.2 Å². The summed E-state index contributed by atoms with van der Waals surface area (Å²) in [6.45, 7) is 3.94. The van der Waals surface area contributed by atoms with Crippen molar-refractivity contribution >= 4 is 28.6 Å². The van der Waals surface area contributed by atoms with Crippen LogP contribution in [0.4, 0.5) is 11.6 Å². The van der Waals surface area contributed by atoms with E-state index in [1.165, 1.54) is 6.07 Å². The minimum absolute atomic E-state index is 0.139. The first-order chi connectivity index (χ1) is 10.9. The van der Waals surface area contributed by atoms with Gasteiger partial charge in [-0.2, -0.15) is 0 Å². The predicted molar refractivity (Wildman–Crippen MR) is 81.4 cm³/mol. The summed E-state index contributed by atoms with van der Waals surface area (Å²) in [7, 11) is 0. The van der Waals surface area contributed by atoms with E-state index in [2.05, 4.69) is 10.3 Å². The number of aromatic nitrogens is 1. The molecule has 1 N–H and O–H groups in total. The topological polar surface area (TPSA) is 111 Å². The van der Waals surface area contributed by atoms with E-state index >= 15 is 0 Å². The van der Waals surface area contributed by atoms with Crippen molar-refractivity contribution in [3.05, 3.63) is 52.1 Å². The maximum absolute atomic E-state index is 12.0. The standard InChI is InChI=1S/C15H13N3O5/c1-8(2)15-17-10-7-9(3-4-11(10)23-15)16-14(19)12-5-6-13(22-12)18(20)21/h3-8H,1-2H3,(H,16,19). The monoisotopic (exact) mass is 315 g/mol. The smallest absolute Gasteiger partial charge is 0.433 e. The summed E-state index contributed by atoms with van der Waals surface area (Å²) in [5, 5.41) is 13.2. The molecule has 3 rings (SSSR count). The van der Waals surface area contributed by atoms with Gasteiger partial charge >= 0.3 is 5.88 Å². The van der Waals surface area contributed by atoms with Gasteiger partial charge in [0.15, 0.2) is 17.2 Å². The number of oxazole rings is 1. The van der Waals surface area contributed by atoms with Gasteiger partial charge in [-0.15, -0.1) is 0 Å². The van der Waals surface area contributed by atoms with E-state index in [9.17, 15) is 14.9 Å². The Kier molecular flexibility index (Phi) is 3.57. The Labute approximate surface area is 130 Å². The molecule has 0 saturated carbocycles. The van der Waals surface area contributed by atoms with Crippen LogP contribution in [0, 0.1) is 10.1 Å². The van der Waals surface area contributed by atoms with Gasteiger partial charge in [0.2, 0.25) is 0 Å². The van der Waals surface area contributed by atoms with Crippen molar-refractivity contribution in [1.29, 1.82) is 0 Å². The second kappa shape index (κ2) is 5.56. The SMILES string of the molecule is CC(C)c1nc2cc(NC(=O)c3ccc([N+](=O)[O-])o3)ccc2o1. The van der Waals surface area contributed by atoms with Gasteiger partial charge in [-0.05, 0) is 24.3 Å². The highest BCUT2D eigenvalue weighted by molar-refractivity contribution is 6.03. The van der Waals surface area contributed by atoms with Crippen LogP contribution in [-0.4, -0.2) is 15.8 Å². The fourth-order valence-corrected chi connectivity index (χ4v) is 2.01. The molecule has 2 aromatic heterocycles. The Balaban J connectivity index is 1.82. The van der Waals surface area contributed by atoms with E-state index in [1.807, 2.05) is 13.8 Å². The minimum atomic E-state index is -0.703. The highest BCUT2D eigenvalue weighted by Gasteiger charge is 2.18. The van der Waals surface area contributed by atoms with Crippen molar-refractivity contribution < 1.29 is 18.6 Å². The molecule has 2 heterocycles. The molecule has 23 heavy (non-hydrogen) atoms. The van der Waals surface area contributed by atoms with Crippen molar-refractivity contribution in [2.45, 2.75) is 19.8 Å². The zero-order valence-corrected chi connectivity index (χ0v) is 12.4. The summed E-state index contributed by atoms with van der Waals surface area (Å²) in [6, 6.07) is 7.41. The summed E-state index contributed by atoms with van der Waals surface area (Å²) < 4.78 is 10.4. The maximum Gasteiger partial charge on any atom is 0.433 e. The molecule has 0 bridgehead atoms. The van der Waals surface area contributed by atoms with Crippen LogP contribution < -0.4 is 5.32 Å². The van der Waals surface area contributed by atoms with Crippen LogP contribution in [0.3, 0.4) is 0 Å². The van der Waals surface area contributed by atoms with Gasteiger partial charge in [-0.25, -0.2) is 4.98 Å². The van der Waals surface area contributed by atoms with E-state index in [0.717, 1.165) is 6.07 Å². The first kappa shape index (κ1) is 14.8. The number of anilines is 1. The molecule has 8 nitrogen and oxygen atoms in total. The van der Waals surface area contributed by atoms with E-state index in [0.29, 0.717) is 22.7 Å². The lowest BCUT2D eigenvalue weighted by molar-refractivity contribution is -0.402. The number of nitrogens with one attached hydrogen (secondary N) is 1. The average molecular weight is 315 g/mol. The Hall–Kier alpha value is -3.16. The number of rotatable bonds is 4.